The summed E-state index contributed by atoms with van der Waals surface area (Å²) in [6.07, 6.45) is 2.67. The van der Waals surface area contributed by atoms with Gasteiger partial charge < -0.3 is 0 Å². The minimum atomic E-state index is -3.36. The first-order valence-corrected chi connectivity index (χ1v) is 8.06. The van der Waals surface area contributed by atoms with Crippen LogP contribution < -0.4 is 11.3 Å². The van der Waals surface area contributed by atoms with Crippen LogP contribution in [0.2, 0.25) is 0 Å². The summed E-state index contributed by atoms with van der Waals surface area (Å²) < 4.78 is 26.1. The summed E-state index contributed by atoms with van der Waals surface area (Å²) in [7, 11) is -3.36. The first-order valence-electron chi connectivity index (χ1n) is 6.62. The highest BCUT2D eigenvalue weighted by Crippen LogP contribution is 2.21. The Morgan fingerprint density at radius 3 is 2.35 bits per heavy atom. The lowest BCUT2D eigenvalue weighted by Crippen LogP contribution is -2.30. The molecule has 0 spiro atoms. The molecule has 1 aromatic carbocycles. The van der Waals surface area contributed by atoms with Crippen molar-refractivity contribution < 1.29 is 13.2 Å². The third-order valence-electron chi connectivity index (χ3n) is 3.43. The molecule has 1 amide bonds. The standard InChI is InChI=1S/C13H19N3O3S/c14-15-13(17)8-5-11-3-6-12(7-4-11)20(18,19)16-9-1-2-10-16/h3-4,6-7H,1-2,5,8-10,14H2,(H,15,17). The number of sulfonamides is 1. The number of carbonyl (C=O) groups excluding carboxylic acids is 1. The molecule has 1 heterocycles. The number of nitrogens with two attached hydrogens (primary N) is 1. The number of hydrogen-bond donors (Lipinski definition) is 2. The molecule has 0 aliphatic carbocycles. The molecule has 0 atom stereocenters. The minimum absolute atomic E-state index is 0.237. The number of rotatable bonds is 5. The van der Waals surface area contributed by atoms with Gasteiger partial charge in [-0.05, 0) is 37.0 Å². The van der Waals surface area contributed by atoms with Crippen LogP contribution in [0.15, 0.2) is 29.2 Å². The van der Waals surface area contributed by atoms with Crippen LogP contribution in [0.3, 0.4) is 0 Å². The van der Waals surface area contributed by atoms with Gasteiger partial charge in [0, 0.05) is 19.5 Å². The molecule has 0 bridgehead atoms. The molecular formula is C13H19N3O3S. The van der Waals surface area contributed by atoms with E-state index in [1.807, 2.05) is 0 Å². The van der Waals surface area contributed by atoms with Crippen LogP contribution in [0.25, 0.3) is 0 Å². The number of benzene rings is 1. The van der Waals surface area contributed by atoms with Gasteiger partial charge in [-0.15, -0.1) is 0 Å². The number of aryl methyl sites for hydroxylation is 1. The van der Waals surface area contributed by atoms with E-state index in [-0.39, 0.29) is 12.3 Å². The lowest BCUT2D eigenvalue weighted by Gasteiger charge is -2.15. The van der Waals surface area contributed by atoms with Gasteiger partial charge in [0.05, 0.1) is 4.90 Å². The molecule has 0 unspecified atom stereocenters. The van der Waals surface area contributed by atoms with Crippen molar-refractivity contribution in [3.05, 3.63) is 29.8 Å². The van der Waals surface area contributed by atoms with Crippen molar-refractivity contribution in [2.45, 2.75) is 30.6 Å². The van der Waals surface area contributed by atoms with Crippen molar-refractivity contribution in [2.75, 3.05) is 13.1 Å². The Bertz CT molecular complexity index is 563. The molecule has 20 heavy (non-hydrogen) atoms. The second-order valence-corrected chi connectivity index (χ2v) is 6.76. The maximum Gasteiger partial charge on any atom is 0.243 e. The Balaban J connectivity index is 2.06. The zero-order chi connectivity index (χ0) is 14.6. The van der Waals surface area contributed by atoms with Crippen LogP contribution in [0.5, 0.6) is 0 Å². The van der Waals surface area contributed by atoms with Gasteiger partial charge in [0.15, 0.2) is 0 Å². The van der Waals surface area contributed by atoms with Crippen molar-refractivity contribution in [1.82, 2.24) is 9.73 Å². The summed E-state index contributed by atoms with van der Waals surface area (Å²) >= 11 is 0. The lowest BCUT2D eigenvalue weighted by molar-refractivity contribution is -0.121. The van der Waals surface area contributed by atoms with Gasteiger partial charge in [-0.25, -0.2) is 14.3 Å². The fourth-order valence-corrected chi connectivity index (χ4v) is 3.75. The van der Waals surface area contributed by atoms with E-state index in [1.54, 1.807) is 24.3 Å². The van der Waals surface area contributed by atoms with Crippen LogP contribution >= 0.6 is 0 Å². The summed E-state index contributed by atoms with van der Waals surface area (Å²) in [5.41, 5.74) is 2.98. The summed E-state index contributed by atoms with van der Waals surface area (Å²) in [4.78, 5) is 11.4. The molecule has 110 valence electrons. The average Bonchev–Trinajstić information content (AvgIpc) is 3.00. The monoisotopic (exact) mass is 297 g/mol. The van der Waals surface area contributed by atoms with Gasteiger partial charge in [0.1, 0.15) is 0 Å². The highest BCUT2D eigenvalue weighted by molar-refractivity contribution is 7.89. The number of amides is 1. The van der Waals surface area contributed by atoms with Crippen molar-refractivity contribution >= 4 is 15.9 Å². The van der Waals surface area contributed by atoms with E-state index in [4.69, 9.17) is 5.84 Å². The quantitative estimate of drug-likeness (QED) is 0.467. The number of carbonyl (C=O) groups is 1. The Kier molecular flexibility index (Phi) is 4.74. The maximum atomic E-state index is 12.3. The zero-order valence-electron chi connectivity index (χ0n) is 11.2. The summed E-state index contributed by atoms with van der Waals surface area (Å²) in [5.74, 6) is 4.77. The number of nitrogens with one attached hydrogen (secondary N) is 1. The van der Waals surface area contributed by atoms with E-state index in [9.17, 15) is 13.2 Å². The van der Waals surface area contributed by atoms with Crippen molar-refractivity contribution in [3.63, 3.8) is 0 Å². The van der Waals surface area contributed by atoms with Gasteiger partial charge in [0.2, 0.25) is 15.9 Å². The van der Waals surface area contributed by atoms with E-state index in [0.29, 0.717) is 24.4 Å². The lowest BCUT2D eigenvalue weighted by atomic mass is 10.1. The van der Waals surface area contributed by atoms with E-state index in [1.165, 1.54) is 4.31 Å². The third kappa shape index (κ3) is 3.36. The topological polar surface area (TPSA) is 92.5 Å². The molecule has 1 aromatic rings. The van der Waals surface area contributed by atoms with E-state index in [0.717, 1.165) is 18.4 Å². The van der Waals surface area contributed by atoms with Crippen LogP contribution in [0, 0.1) is 0 Å². The normalized spacial score (nSPS) is 16.2. The van der Waals surface area contributed by atoms with Gasteiger partial charge in [-0.1, -0.05) is 12.1 Å². The number of hydrazine groups is 1. The number of hydrogen-bond acceptors (Lipinski definition) is 4. The Morgan fingerprint density at radius 2 is 1.80 bits per heavy atom. The molecule has 1 fully saturated rings. The molecule has 1 aliphatic rings. The van der Waals surface area contributed by atoms with E-state index >= 15 is 0 Å². The predicted octanol–water partition coefficient (Wildman–Crippen LogP) is 0.394. The Hall–Kier alpha value is -1.44. The van der Waals surface area contributed by atoms with Crippen LogP contribution in [0.4, 0.5) is 0 Å². The van der Waals surface area contributed by atoms with Gasteiger partial charge in [-0.3, -0.25) is 10.2 Å². The molecule has 0 saturated carbocycles. The molecule has 3 N–H and O–H groups in total. The zero-order valence-corrected chi connectivity index (χ0v) is 12.0. The molecule has 6 nitrogen and oxygen atoms in total. The highest BCUT2D eigenvalue weighted by Gasteiger charge is 2.26. The molecule has 7 heteroatoms. The van der Waals surface area contributed by atoms with Crippen molar-refractivity contribution in [1.29, 1.82) is 0 Å². The van der Waals surface area contributed by atoms with Gasteiger partial charge >= 0.3 is 0 Å². The molecule has 2 rings (SSSR count). The van der Waals surface area contributed by atoms with Crippen LogP contribution in [-0.2, 0) is 21.2 Å². The summed E-state index contributed by atoms with van der Waals surface area (Å²) in [6.45, 7) is 1.20. The predicted molar refractivity (Wildman–Crippen MR) is 75.1 cm³/mol. The molecular weight excluding hydrogens is 278 g/mol. The second-order valence-electron chi connectivity index (χ2n) is 4.82. The Morgan fingerprint density at radius 1 is 1.20 bits per heavy atom. The maximum absolute atomic E-state index is 12.3. The summed E-state index contributed by atoms with van der Waals surface area (Å²) in [5, 5.41) is 0. The SMILES string of the molecule is NNC(=O)CCc1ccc(S(=O)(=O)N2CCCC2)cc1. The smallest absolute Gasteiger partial charge is 0.243 e. The fraction of sp³-hybridized carbons (Fsp3) is 0.462. The van der Waals surface area contributed by atoms with Gasteiger partial charge in [0.25, 0.3) is 0 Å². The van der Waals surface area contributed by atoms with Crippen molar-refractivity contribution in [2.24, 2.45) is 5.84 Å². The molecule has 0 radical (unpaired) electrons. The summed E-state index contributed by atoms with van der Waals surface area (Å²) in [6, 6.07) is 6.69. The van der Waals surface area contributed by atoms with Crippen LogP contribution in [0.1, 0.15) is 24.8 Å². The van der Waals surface area contributed by atoms with E-state index in [2.05, 4.69) is 5.43 Å². The van der Waals surface area contributed by atoms with Crippen LogP contribution in [-0.4, -0.2) is 31.7 Å². The van der Waals surface area contributed by atoms with Crippen molar-refractivity contribution in [3.8, 4) is 0 Å². The third-order valence-corrected chi connectivity index (χ3v) is 5.34. The number of nitrogens with zero attached hydrogens (tertiary/aromatic N) is 1. The average molecular weight is 297 g/mol. The molecule has 1 aliphatic heterocycles. The van der Waals surface area contributed by atoms with E-state index < -0.39 is 10.0 Å². The first kappa shape index (κ1) is 15.0. The second kappa shape index (κ2) is 6.34. The molecule has 0 aromatic heterocycles. The first-order chi connectivity index (χ1) is 9.54. The largest absolute Gasteiger partial charge is 0.294 e. The fourth-order valence-electron chi connectivity index (χ4n) is 2.24. The highest BCUT2D eigenvalue weighted by atomic mass is 32.2. The molecule has 1 saturated heterocycles. The van der Waals surface area contributed by atoms with Gasteiger partial charge in [-0.2, -0.15) is 4.31 Å². The minimum Gasteiger partial charge on any atom is -0.294 e. The Labute approximate surface area is 119 Å².